The van der Waals surface area contributed by atoms with E-state index in [2.05, 4.69) is 20.7 Å². The maximum Gasteiger partial charge on any atom is 0.163 e. The van der Waals surface area contributed by atoms with Gasteiger partial charge in [-0.1, -0.05) is 0 Å². The molecule has 7 heteroatoms. The number of nitrogens with zero attached hydrogens (tertiary/aromatic N) is 2. The van der Waals surface area contributed by atoms with Gasteiger partial charge in [-0.25, -0.2) is 9.97 Å². The Balaban J connectivity index is 1.35. The second kappa shape index (κ2) is 7.31. The summed E-state index contributed by atoms with van der Waals surface area (Å²) in [4.78, 5) is 8.66. The van der Waals surface area contributed by atoms with Gasteiger partial charge in [0.05, 0.1) is 23.4 Å². The third-order valence-electron chi connectivity index (χ3n) is 5.00. The molecular formula is C17H23N3O3S. The van der Waals surface area contributed by atoms with Crippen LogP contribution in [0.4, 0.5) is 5.82 Å². The summed E-state index contributed by atoms with van der Waals surface area (Å²) in [5, 5.41) is 5.52. The Morgan fingerprint density at radius 2 is 2.00 bits per heavy atom. The van der Waals surface area contributed by atoms with E-state index in [1.54, 1.807) is 17.7 Å². The highest BCUT2D eigenvalue weighted by Crippen LogP contribution is 2.42. The van der Waals surface area contributed by atoms with Gasteiger partial charge in [-0.2, -0.15) is 0 Å². The van der Waals surface area contributed by atoms with Crippen LogP contribution < -0.4 is 5.32 Å². The third kappa shape index (κ3) is 3.26. The normalized spacial score (nSPS) is 21.3. The van der Waals surface area contributed by atoms with Crippen LogP contribution in [0.15, 0.2) is 17.8 Å². The van der Waals surface area contributed by atoms with Crippen LogP contribution in [0.25, 0.3) is 10.2 Å². The quantitative estimate of drug-likeness (QED) is 0.809. The lowest BCUT2D eigenvalue weighted by Gasteiger charge is -2.40. The van der Waals surface area contributed by atoms with Gasteiger partial charge in [0.25, 0.3) is 0 Å². The Bertz CT molecular complexity index is 666. The third-order valence-corrected chi connectivity index (χ3v) is 5.91. The number of anilines is 1. The average molecular weight is 349 g/mol. The fourth-order valence-corrected chi connectivity index (χ4v) is 4.47. The zero-order valence-corrected chi connectivity index (χ0v) is 14.5. The van der Waals surface area contributed by atoms with Crippen LogP contribution in [0.5, 0.6) is 0 Å². The molecule has 2 aromatic heterocycles. The van der Waals surface area contributed by atoms with Gasteiger partial charge in [0.2, 0.25) is 0 Å². The molecular weight excluding hydrogens is 326 g/mol. The summed E-state index contributed by atoms with van der Waals surface area (Å²) >= 11 is 1.68. The molecule has 4 heterocycles. The fraction of sp³-hybridized carbons (Fsp3) is 0.647. The van der Waals surface area contributed by atoms with Crippen LogP contribution >= 0.6 is 11.3 Å². The summed E-state index contributed by atoms with van der Waals surface area (Å²) in [5.74, 6) is 0.935. The van der Waals surface area contributed by atoms with E-state index in [-0.39, 0.29) is 11.7 Å². The van der Waals surface area contributed by atoms with Gasteiger partial charge in [-0.3, -0.25) is 0 Å². The zero-order valence-electron chi connectivity index (χ0n) is 13.7. The molecule has 130 valence electrons. The van der Waals surface area contributed by atoms with Crippen molar-refractivity contribution >= 4 is 27.4 Å². The molecule has 0 unspecified atom stereocenters. The van der Waals surface area contributed by atoms with E-state index in [0.717, 1.165) is 61.5 Å². The maximum absolute atomic E-state index is 5.84. The molecule has 0 amide bonds. The van der Waals surface area contributed by atoms with Gasteiger partial charge in [0, 0.05) is 25.2 Å². The van der Waals surface area contributed by atoms with E-state index in [1.807, 2.05) is 6.07 Å². The predicted molar refractivity (Wildman–Crippen MR) is 93.3 cm³/mol. The Hall–Kier alpha value is -1.28. The highest BCUT2D eigenvalue weighted by atomic mass is 32.1. The first-order valence-corrected chi connectivity index (χ1v) is 9.48. The lowest BCUT2D eigenvalue weighted by Crippen LogP contribution is -2.41. The number of hydrogen-bond acceptors (Lipinski definition) is 7. The Kier molecular flexibility index (Phi) is 4.93. The van der Waals surface area contributed by atoms with Crippen LogP contribution in [-0.2, 0) is 14.2 Å². The first kappa shape index (κ1) is 16.2. The monoisotopic (exact) mass is 349 g/mol. The molecule has 4 rings (SSSR count). The van der Waals surface area contributed by atoms with Crippen LogP contribution in [0.1, 0.15) is 25.7 Å². The van der Waals surface area contributed by atoms with Crippen molar-refractivity contribution in [2.75, 3.05) is 38.3 Å². The molecule has 0 aromatic carbocycles. The van der Waals surface area contributed by atoms with Crippen LogP contribution in [-0.4, -0.2) is 49.2 Å². The van der Waals surface area contributed by atoms with Gasteiger partial charge in [0.15, 0.2) is 6.29 Å². The molecule has 2 aliphatic heterocycles. The Morgan fingerprint density at radius 1 is 1.17 bits per heavy atom. The smallest absolute Gasteiger partial charge is 0.163 e. The van der Waals surface area contributed by atoms with Crippen molar-refractivity contribution in [1.82, 2.24) is 9.97 Å². The SMILES string of the molecule is c1nc(NCCCC2(C3OCCO3)CCOCC2)c2sccc2n1. The van der Waals surface area contributed by atoms with Gasteiger partial charge in [-0.05, 0) is 37.1 Å². The molecule has 2 aliphatic rings. The second-order valence-corrected chi connectivity index (χ2v) is 7.35. The lowest BCUT2D eigenvalue weighted by molar-refractivity contribution is -0.168. The summed E-state index contributed by atoms with van der Waals surface area (Å²) in [6, 6.07) is 2.03. The van der Waals surface area contributed by atoms with Crippen molar-refractivity contribution in [1.29, 1.82) is 0 Å². The van der Waals surface area contributed by atoms with Crippen molar-refractivity contribution in [2.24, 2.45) is 5.41 Å². The van der Waals surface area contributed by atoms with Crippen LogP contribution in [0.2, 0.25) is 0 Å². The number of hydrogen-bond donors (Lipinski definition) is 1. The standard InChI is InChI=1S/C17H23N3O3S/c1(6-18-15-14-13(2-11-24-14)19-12-20-15)3-17(4-7-21-8-5-17)16-22-9-10-23-16/h2,11-12,16H,1,3-10H2,(H,18,19,20). The Labute approximate surface area is 145 Å². The molecule has 2 aromatic rings. The zero-order chi connectivity index (χ0) is 16.2. The maximum atomic E-state index is 5.84. The van der Waals surface area contributed by atoms with Crippen molar-refractivity contribution in [2.45, 2.75) is 32.0 Å². The van der Waals surface area contributed by atoms with Crippen LogP contribution in [0.3, 0.4) is 0 Å². The van der Waals surface area contributed by atoms with E-state index in [1.165, 1.54) is 0 Å². The van der Waals surface area contributed by atoms with Crippen molar-refractivity contribution in [3.8, 4) is 0 Å². The number of rotatable bonds is 6. The van der Waals surface area contributed by atoms with E-state index in [4.69, 9.17) is 14.2 Å². The van der Waals surface area contributed by atoms with Gasteiger partial charge in [0.1, 0.15) is 12.1 Å². The minimum absolute atomic E-state index is 0.0653. The molecule has 0 atom stereocenters. The lowest BCUT2D eigenvalue weighted by atomic mass is 9.75. The summed E-state index contributed by atoms with van der Waals surface area (Å²) in [6.45, 7) is 3.92. The largest absolute Gasteiger partial charge is 0.381 e. The van der Waals surface area contributed by atoms with E-state index in [9.17, 15) is 0 Å². The number of thiophene rings is 1. The summed E-state index contributed by atoms with van der Waals surface area (Å²) in [7, 11) is 0. The molecule has 0 spiro atoms. The van der Waals surface area contributed by atoms with E-state index < -0.39 is 0 Å². The van der Waals surface area contributed by atoms with E-state index >= 15 is 0 Å². The average Bonchev–Trinajstić information content (AvgIpc) is 3.31. The van der Waals surface area contributed by atoms with Gasteiger partial charge >= 0.3 is 0 Å². The van der Waals surface area contributed by atoms with Gasteiger partial charge in [-0.15, -0.1) is 11.3 Å². The first-order chi connectivity index (χ1) is 11.9. The van der Waals surface area contributed by atoms with Crippen molar-refractivity contribution in [3.05, 3.63) is 17.8 Å². The minimum Gasteiger partial charge on any atom is -0.381 e. The predicted octanol–water partition coefficient (Wildman–Crippen LogP) is 3.05. The summed E-state index contributed by atoms with van der Waals surface area (Å²) < 4.78 is 18.4. The van der Waals surface area contributed by atoms with E-state index in [0.29, 0.717) is 13.2 Å². The highest BCUT2D eigenvalue weighted by Gasteiger charge is 2.43. The number of ether oxygens (including phenoxy) is 3. The molecule has 2 fully saturated rings. The molecule has 0 radical (unpaired) electrons. The second-order valence-electron chi connectivity index (χ2n) is 6.44. The summed E-state index contributed by atoms with van der Waals surface area (Å²) in [6.07, 6.45) is 5.72. The minimum atomic E-state index is -0.0653. The first-order valence-electron chi connectivity index (χ1n) is 8.60. The molecule has 0 saturated carbocycles. The van der Waals surface area contributed by atoms with Crippen molar-refractivity contribution in [3.63, 3.8) is 0 Å². The van der Waals surface area contributed by atoms with Crippen molar-refractivity contribution < 1.29 is 14.2 Å². The molecule has 0 aliphatic carbocycles. The highest BCUT2D eigenvalue weighted by molar-refractivity contribution is 7.17. The number of nitrogens with one attached hydrogen (secondary N) is 1. The molecule has 2 saturated heterocycles. The number of fused-ring (bicyclic) bond motifs is 1. The fourth-order valence-electron chi connectivity index (χ4n) is 3.66. The summed E-state index contributed by atoms with van der Waals surface area (Å²) in [5.41, 5.74) is 1.10. The molecule has 24 heavy (non-hydrogen) atoms. The number of aromatic nitrogens is 2. The molecule has 1 N–H and O–H groups in total. The topological polar surface area (TPSA) is 65.5 Å². The molecule has 0 bridgehead atoms. The Morgan fingerprint density at radius 3 is 2.83 bits per heavy atom. The van der Waals surface area contributed by atoms with Gasteiger partial charge < -0.3 is 19.5 Å². The molecule has 6 nitrogen and oxygen atoms in total. The van der Waals surface area contributed by atoms with Crippen LogP contribution in [0, 0.1) is 5.41 Å².